The second-order valence-electron chi connectivity index (χ2n) is 3.59. The summed E-state index contributed by atoms with van der Waals surface area (Å²) >= 11 is 0. The fourth-order valence-electron chi connectivity index (χ4n) is 1.52. The van der Waals surface area contributed by atoms with Crippen molar-refractivity contribution >= 4 is 5.82 Å². The number of nitrogen functional groups attached to an aromatic ring is 1. The summed E-state index contributed by atoms with van der Waals surface area (Å²) < 4.78 is 26.2. The van der Waals surface area contributed by atoms with Crippen LogP contribution >= 0.6 is 0 Å². The Hall–Kier alpha value is -2.05. The summed E-state index contributed by atoms with van der Waals surface area (Å²) in [7, 11) is 1.43. The number of hydrogen-bond donors (Lipinski definition) is 1. The third-order valence-corrected chi connectivity index (χ3v) is 2.34. The maximum absolute atomic E-state index is 12.6. The molecule has 2 N–H and O–H groups in total. The van der Waals surface area contributed by atoms with Gasteiger partial charge in [0.25, 0.3) is 6.43 Å². The molecule has 0 fully saturated rings. The van der Waals surface area contributed by atoms with E-state index in [9.17, 15) is 8.78 Å². The third kappa shape index (κ3) is 2.08. The number of aryl methyl sites for hydroxylation is 2. The lowest BCUT2D eigenvalue weighted by Gasteiger charge is -2.00. The van der Waals surface area contributed by atoms with E-state index < -0.39 is 6.43 Å². The topological polar surface area (TPSA) is 69.6 Å². The molecule has 5 nitrogen and oxygen atoms in total. The molecule has 2 heterocycles. The molecule has 0 atom stereocenters. The van der Waals surface area contributed by atoms with E-state index in [1.807, 2.05) is 0 Å². The predicted molar refractivity (Wildman–Crippen MR) is 58.3 cm³/mol. The predicted octanol–water partition coefficient (Wildman–Crippen LogP) is 1.71. The normalized spacial score (nSPS) is 11.1. The van der Waals surface area contributed by atoms with Gasteiger partial charge in [0, 0.05) is 12.6 Å². The number of rotatable bonds is 2. The van der Waals surface area contributed by atoms with Gasteiger partial charge in [-0.1, -0.05) is 0 Å². The van der Waals surface area contributed by atoms with Gasteiger partial charge in [-0.05, 0) is 19.1 Å². The molecule has 2 aromatic rings. The van der Waals surface area contributed by atoms with Crippen LogP contribution in [0, 0.1) is 6.92 Å². The molecule has 17 heavy (non-hydrogen) atoms. The van der Waals surface area contributed by atoms with Crippen molar-refractivity contribution in [1.82, 2.24) is 19.7 Å². The van der Waals surface area contributed by atoms with Crippen molar-refractivity contribution in [2.75, 3.05) is 5.73 Å². The van der Waals surface area contributed by atoms with E-state index in [0.29, 0.717) is 17.1 Å². The average Bonchev–Trinajstić information content (AvgIpc) is 2.60. The number of hydrogen-bond acceptors (Lipinski definition) is 4. The summed E-state index contributed by atoms with van der Waals surface area (Å²) in [5.74, 6) is 0.236. The Morgan fingerprint density at radius 1 is 1.29 bits per heavy atom. The molecule has 2 aromatic heterocycles. The highest BCUT2D eigenvalue weighted by Gasteiger charge is 2.18. The highest BCUT2D eigenvalue weighted by Crippen LogP contribution is 2.23. The molecule has 90 valence electrons. The molecule has 0 saturated heterocycles. The Labute approximate surface area is 96.3 Å². The second-order valence-corrected chi connectivity index (χ2v) is 3.59. The van der Waals surface area contributed by atoms with Gasteiger partial charge in [-0.2, -0.15) is 5.10 Å². The van der Waals surface area contributed by atoms with Crippen LogP contribution in [0.1, 0.15) is 17.9 Å². The van der Waals surface area contributed by atoms with Crippen molar-refractivity contribution in [3.05, 3.63) is 23.7 Å². The minimum atomic E-state index is -2.65. The third-order valence-electron chi connectivity index (χ3n) is 2.34. The van der Waals surface area contributed by atoms with E-state index in [1.165, 1.54) is 7.05 Å². The van der Waals surface area contributed by atoms with Crippen LogP contribution in [0.4, 0.5) is 14.6 Å². The first kappa shape index (κ1) is 11.4. The lowest BCUT2D eigenvalue weighted by molar-refractivity contribution is 0.135. The number of alkyl halides is 2. The van der Waals surface area contributed by atoms with Crippen LogP contribution in [-0.4, -0.2) is 19.7 Å². The summed E-state index contributed by atoms with van der Waals surface area (Å²) in [5, 5.41) is 3.94. The number of pyridine rings is 1. The van der Waals surface area contributed by atoms with Crippen LogP contribution < -0.4 is 5.73 Å². The zero-order valence-electron chi connectivity index (χ0n) is 9.35. The van der Waals surface area contributed by atoms with Crippen molar-refractivity contribution in [1.29, 1.82) is 0 Å². The fourth-order valence-corrected chi connectivity index (χ4v) is 1.52. The molecule has 0 radical (unpaired) electrons. The Morgan fingerprint density at radius 2 is 2.00 bits per heavy atom. The standard InChI is InChI=1S/C10H11F2N5/c1-5-6(3-4-7(13)14-5)9-15-10(8(11)12)17(2)16-9/h3-4,8H,1-2H3,(H2,13,14). The summed E-state index contributed by atoms with van der Waals surface area (Å²) in [6, 6.07) is 3.25. The SMILES string of the molecule is Cc1nc(N)ccc1-c1nc(C(F)F)n(C)n1. The Balaban J connectivity index is 2.50. The van der Waals surface area contributed by atoms with E-state index in [1.54, 1.807) is 19.1 Å². The molecule has 7 heteroatoms. The molecule has 0 saturated carbocycles. The molecule has 0 aromatic carbocycles. The maximum Gasteiger partial charge on any atom is 0.297 e. The smallest absolute Gasteiger partial charge is 0.297 e. The lowest BCUT2D eigenvalue weighted by atomic mass is 10.2. The maximum atomic E-state index is 12.6. The van der Waals surface area contributed by atoms with Crippen LogP contribution in [0.15, 0.2) is 12.1 Å². The van der Waals surface area contributed by atoms with Crippen LogP contribution in [0.25, 0.3) is 11.4 Å². The van der Waals surface area contributed by atoms with Crippen LogP contribution in [0.5, 0.6) is 0 Å². The van der Waals surface area contributed by atoms with Gasteiger partial charge in [0.1, 0.15) is 5.82 Å². The van der Waals surface area contributed by atoms with E-state index >= 15 is 0 Å². The number of nitrogens with two attached hydrogens (primary N) is 1. The summed E-state index contributed by atoms with van der Waals surface area (Å²) in [6.07, 6.45) is -2.65. The molecule has 0 amide bonds. The molecule has 0 aliphatic carbocycles. The first-order valence-electron chi connectivity index (χ1n) is 4.91. The second kappa shape index (κ2) is 4.08. The Bertz CT molecular complexity index is 550. The number of halogens is 2. The van der Waals surface area contributed by atoms with Gasteiger partial charge in [-0.3, -0.25) is 0 Å². The number of aromatic nitrogens is 4. The Morgan fingerprint density at radius 3 is 2.53 bits per heavy atom. The van der Waals surface area contributed by atoms with E-state index in [4.69, 9.17) is 5.73 Å². The first-order chi connectivity index (χ1) is 7.99. The van der Waals surface area contributed by atoms with Crippen molar-refractivity contribution < 1.29 is 8.78 Å². The van der Waals surface area contributed by atoms with Gasteiger partial charge in [-0.25, -0.2) is 23.4 Å². The zero-order valence-corrected chi connectivity index (χ0v) is 9.35. The quantitative estimate of drug-likeness (QED) is 0.866. The summed E-state index contributed by atoms with van der Waals surface area (Å²) in [4.78, 5) is 7.83. The summed E-state index contributed by atoms with van der Waals surface area (Å²) in [5.41, 5.74) is 6.72. The molecule has 0 bridgehead atoms. The Kier molecular flexibility index (Phi) is 2.74. The van der Waals surface area contributed by atoms with Gasteiger partial charge in [-0.15, -0.1) is 0 Å². The lowest BCUT2D eigenvalue weighted by Crippen LogP contribution is -1.99. The molecule has 0 aliphatic rings. The number of nitrogens with zero attached hydrogens (tertiary/aromatic N) is 4. The molecule has 0 unspecified atom stereocenters. The average molecular weight is 239 g/mol. The highest BCUT2D eigenvalue weighted by atomic mass is 19.3. The van der Waals surface area contributed by atoms with Gasteiger partial charge in [0.2, 0.25) is 0 Å². The van der Waals surface area contributed by atoms with Crippen LogP contribution in [0.3, 0.4) is 0 Å². The molecular formula is C10H11F2N5. The largest absolute Gasteiger partial charge is 0.384 e. The van der Waals surface area contributed by atoms with Crippen molar-refractivity contribution in [3.63, 3.8) is 0 Å². The van der Waals surface area contributed by atoms with Gasteiger partial charge in [0.05, 0.1) is 5.69 Å². The van der Waals surface area contributed by atoms with Crippen molar-refractivity contribution in [2.45, 2.75) is 13.3 Å². The minimum absolute atomic E-state index is 0.229. The van der Waals surface area contributed by atoms with Crippen molar-refractivity contribution in [3.8, 4) is 11.4 Å². The highest BCUT2D eigenvalue weighted by molar-refractivity contribution is 5.59. The van der Waals surface area contributed by atoms with E-state index in [-0.39, 0.29) is 11.6 Å². The summed E-state index contributed by atoms with van der Waals surface area (Å²) in [6.45, 7) is 1.73. The molecular weight excluding hydrogens is 228 g/mol. The monoisotopic (exact) mass is 239 g/mol. The fraction of sp³-hybridized carbons (Fsp3) is 0.300. The minimum Gasteiger partial charge on any atom is -0.384 e. The van der Waals surface area contributed by atoms with E-state index in [0.717, 1.165) is 4.68 Å². The van der Waals surface area contributed by atoms with Crippen LogP contribution in [-0.2, 0) is 7.05 Å². The molecule has 2 rings (SSSR count). The first-order valence-corrected chi connectivity index (χ1v) is 4.91. The van der Waals surface area contributed by atoms with E-state index in [2.05, 4.69) is 15.1 Å². The zero-order chi connectivity index (χ0) is 12.6. The van der Waals surface area contributed by atoms with Gasteiger partial charge >= 0.3 is 0 Å². The van der Waals surface area contributed by atoms with Crippen LogP contribution in [0.2, 0.25) is 0 Å². The number of anilines is 1. The van der Waals surface area contributed by atoms with Gasteiger partial charge < -0.3 is 5.73 Å². The van der Waals surface area contributed by atoms with Crippen molar-refractivity contribution in [2.24, 2.45) is 7.05 Å². The molecule has 0 aliphatic heterocycles. The molecule has 0 spiro atoms. The van der Waals surface area contributed by atoms with Gasteiger partial charge in [0.15, 0.2) is 11.6 Å².